The Bertz CT molecular complexity index is 837. The van der Waals surface area contributed by atoms with E-state index in [9.17, 15) is 13.2 Å². The minimum absolute atomic E-state index is 0.0278. The Morgan fingerprint density at radius 1 is 1.30 bits per heavy atom. The van der Waals surface area contributed by atoms with Gasteiger partial charge in [0.05, 0.1) is 18.1 Å². The van der Waals surface area contributed by atoms with Gasteiger partial charge in [-0.15, -0.1) is 0 Å². The Morgan fingerprint density at radius 3 is 2.65 bits per heavy atom. The minimum Gasteiger partial charge on any atom is -0.349 e. The van der Waals surface area contributed by atoms with Gasteiger partial charge in [-0.25, -0.2) is 22.7 Å². The first-order valence-electron chi connectivity index (χ1n) is 7.37. The van der Waals surface area contributed by atoms with Crippen molar-refractivity contribution in [3.05, 3.63) is 24.2 Å². The number of carbonyl (C=O) groups is 1. The molecule has 1 saturated heterocycles. The van der Waals surface area contributed by atoms with Crippen LogP contribution >= 0.6 is 0 Å². The van der Waals surface area contributed by atoms with Gasteiger partial charge in [0.25, 0.3) is 5.91 Å². The van der Waals surface area contributed by atoms with Gasteiger partial charge in [-0.3, -0.25) is 4.79 Å². The van der Waals surface area contributed by atoms with Gasteiger partial charge >= 0.3 is 0 Å². The highest BCUT2D eigenvalue weighted by atomic mass is 32.2. The van der Waals surface area contributed by atoms with E-state index in [1.165, 1.54) is 16.8 Å². The van der Waals surface area contributed by atoms with E-state index in [4.69, 9.17) is 0 Å². The summed E-state index contributed by atoms with van der Waals surface area (Å²) in [6.07, 6.45) is 5.61. The summed E-state index contributed by atoms with van der Waals surface area (Å²) in [6, 6.07) is 1.68. The van der Waals surface area contributed by atoms with Gasteiger partial charge in [0.2, 0.25) is 10.0 Å². The van der Waals surface area contributed by atoms with Gasteiger partial charge in [0.15, 0.2) is 5.65 Å². The Kier molecular flexibility index (Phi) is 4.07. The van der Waals surface area contributed by atoms with Crippen molar-refractivity contribution in [2.45, 2.75) is 18.9 Å². The van der Waals surface area contributed by atoms with Crippen LogP contribution in [0, 0.1) is 0 Å². The standard InChI is InChI=1S/C14H19N5O3S/c1-18-9-16-12-7-10(8-15-13(12)18)14(20)17-11-3-5-19(6-4-11)23(2,21)22/h7-9,11H,3-6H2,1-2H3,(H,17,20). The van der Waals surface area contributed by atoms with Gasteiger partial charge in [0, 0.05) is 32.4 Å². The van der Waals surface area contributed by atoms with E-state index in [-0.39, 0.29) is 11.9 Å². The molecule has 1 N–H and O–H groups in total. The van der Waals surface area contributed by atoms with Crippen molar-refractivity contribution >= 4 is 27.1 Å². The van der Waals surface area contributed by atoms with Gasteiger partial charge in [0.1, 0.15) is 5.52 Å². The molecule has 9 heteroatoms. The second-order valence-corrected chi connectivity index (χ2v) is 7.81. The van der Waals surface area contributed by atoms with Gasteiger partial charge in [-0.1, -0.05) is 0 Å². The second-order valence-electron chi connectivity index (χ2n) is 5.83. The van der Waals surface area contributed by atoms with Gasteiger partial charge in [-0.05, 0) is 18.9 Å². The number of aromatic nitrogens is 3. The normalized spacial score (nSPS) is 17.5. The molecule has 0 bridgehead atoms. The second kappa shape index (κ2) is 5.89. The molecule has 0 unspecified atom stereocenters. The fourth-order valence-corrected chi connectivity index (χ4v) is 3.61. The lowest BCUT2D eigenvalue weighted by atomic mass is 10.1. The molecule has 1 aliphatic rings. The number of aryl methyl sites for hydroxylation is 1. The first-order valence-corrected chi connectivity index (χ1v) is 9.22. The van der Waals surface area contributed by atoms with Crippen molar-refractivity contribution in [2.24, 2.45) is 7.05 Å². The van der Waals surface area contributed by atoms with E-state index in [2.05, 4.69) is 15.3 Å². The number of hydrogen-bond donors (Lipinski definition) is 1. The van der Waals surface area contributed by atoms with Crippen LogP contribution in [0.1, 0.15) is 23.2 Å². The highest BCUT2D eigenvalue weighted by Gasteiger charge is 2.26. The van der Waals surface area contributed by atoms with Crippen LogP contribution in [0.3, 0.4) is 0 Å². The Hall–Kier alpha value is -2.00. The molecular weight excluding hydrogens is 318 g/mol. The van der Waals surface area contributed by atoms with Crippen LogP contribution in [0.2, 0.25) is 0 Å². The highest BCUT2D eigenvalue weighted by molar-refractivity contribution is 7.88. The number of piperidine rings is 1. The maximum Gasteiger partial charge on any atom is 0.253 e. The quantitative estimate of drug-likeness (QED) is 0.858. The summed E-state index contributed by atoms with van der Waals surface area (Å²) in [6.45, 7) is 0.864. The number of carbonyl (C=O) groups excluding carboxylic acids is 1. The smallest absolute Gasteiger partial charge is 0.253 e. The molecule has 0 aliphatic carbocycles. The molecular formula is C14H19N5O3S. The predicted molar refractivity (Wildman–Crippen MR) is 85.4 cm³/mol. The van der Waals surface area contributed by atoms with Crippen LogP contribution in [0.5, 0.6) is 0 Å². The number of sulfonamides is 1. The number of nitrogens with zero attached hydrogens (tertiary/aromatic N) is 4. The van der Waals surface area contributed by atoms with Gasteiger partial charge in [-0.2, -0.15) is 0 Å². The fourth-order valence-electron chi connectivity index (χ4n) is 2.74. The van der Waals surface area contributed by atoms with Crippen LogP contribution in [-0.2, 0) is 17.1 Å². The number of pyridine rings is 1. The van der Waals surface area contributed by atoms with Crippen LogP contribution in [0.4, 0.5) is 0 Å². The molecule has 0 saturated carbocycles. The molecule has 0 spiro atoms. The summed E-state index contributed by atoms with van der Waals surface area (Å²) >= 11 is 0. The molecule has 0 atom stereocenters. The van der Waals surface area contributed by atoms with E-state index in [0.717, 1.165) is 5.65 Å². The van der Waals surface area contributed by atoms with Crippen molar-refractivity contribution in [1.29, 1.82) is 0 Å². The summed E-state index contributed by atoms with van der Waals surface area (Å²) < 4.78 is 26.2. The lowest BCUT2D eigenvalue weighted by Gasteiger charge is -2.30. The average molecular weight is 337 g/mol. The zero-order chi connectivity index (χ0) is 16.6. The molecule has 0 radical (unpaired) electrons. The van der Waals surface area contributed by atoms with E-state index < -0.39 is 10.0 Å². The van der Waals surface area contributed by atoms with Gasteiger partial charge < -0.3 is 9.88 Å². The lowest BCUT2D eigenvalue weighted by molar-refractivity contribution is 0.0923. The van der Waals surface area contributed by atoms with Crippen molar-refractivity contribution in [2.75, 3.05) is 19.3 Å². The topological polar surface area (TPSA) is 97.2 Å². The average Bonchev–Trinajstić information content (AvgIpc) is 2.88. The summed E-state index contributed by atoms with van der Waals surface area (Å²) in [4.78, 5) is 20.8. The molecule has 124 valence electrons. The van der Waals surface area contributed by atoms with E-state index >= 15 is 0 Å². The van der Waals surface area contributed by atoms with E-state index in [1.807, 2.05) is 7.05 Å². The Labute approximate surface area is 134 Å². The molecule has 3 rings (SSSR count). The molecule has 3 heterocycles. The number of amides is 1. The molecule has 2 aromatic rings. The summed E-state index contributed by atoms with van der Waals surface area (Å²) in [5.74, 6) is -0.206. The lowest BCUT2D eigenvalue weighted by Crippen LogP contribution is -2.46. The molecule has 8 nitrogen and oxygen atoms in total. The number of hydrogen-bond acceptors (Lipinski definition) is 5. The zero-order valence-electron chi connectivity index (χ0n) is 13.1. The maximum atomic E-state index is 12.3. The molecule has 1 amide bonds. The van der Waals surface area contributed by atoms with E-state index in [0.29, 0.717) is 37.0 Å². The third-order valence-electron chi connectivity index (χ3n) is 4.07. The number of fused-ring (bicyclic) bond motifs is 1. The highest BCUT2D eigenvalue weighted by Crippen LogP contribution is 2.15. The number of rotatable bonds is 3. The predicted octanol–water partition coefficient (Wildman–Crippen LogP) is 0.122. The SMILES string of the molecule is Cn1cnc2cc(C(=O)NC3CCN(S(C)(=O)=O)CC3)cnc21. The van der Waals surface area contributed by atoms with Crippen molar-refractivity contribution in [1.82, 2.24) is 24.2 Å². The molecule has 23 heavy (non-hydrogen) atoms. The summed E-state index contributed by atoms with van der Waals surface area (Å²) in [5.41, 5.74) is 1.86. The monoisotopic (exact) mass is 337 g/mol. The van der Waals surface area contributed by atoms with Crippen LogP contribution < -0.4 is 5.32 Å². The molecule has 2 aromatic heterocycles. The third-order valence-corrected chi connectivity index (χ3v) is 5.37. The molecule has 1 aliphatic heterocycles. The summed E-state index contributed by atoms with van der Waals surface area (Å²) in [7, 11) is -1.31. The van der Waals surface area contributed by atoms with Crippen LogP contribution in [0.15, 0.2) is 18.6 Å². The minimum atomic E-state index is -3.15. The Morgan fingerprint density at radius 2 is 2.00 bits per heavy atom. The largest absolute Gasteiger partial charge is 0.349 e. The van der Waals surface area contributed by atoms with Crippen molar-refractivity contribution in [3.8, 4) is 0 Å². The number of imidazole rings is 1. The first kappa shape index (κ1) is 15.9. The third kappa shape index (κ3) is 3.35. The van der Waals surface area contributed by atoms with Crippen molar-refractivity contribution < 1.29 is 13.2 Å². The van der Waals surface area contributed by atoms with E-state index in [1.54, 1.807) is 17.0 Å². The first-order chi connectivity index (χ1) is 10.8. The maximum absolute atomic E-state index is 12.3. The Balaban J connectivity index is 1.65. The molecule has 1 fully saturated rings. The number of nitrogens with one attached hydrogen (secondary N) is 1. The van der Waals surface area contributed by atoms with Crippen molar-refractivity contribution in [3.63, 3.8) is 0 Å². The zero-order valence-corrected chi connectivity index (χ0v) is 13.9. The van der Waals surface area contributed by atoms with Crippen LogP contribution in [-0.4, -0.2) is 58.6 Å². The fraction of sp³-hybridized carbons (Fsp3) is 0.500. The molecule has 0 aromatic carbocycles. The van der Waals surface area contributed by atoms with Crippen LogP contribution in [0.25, 0.3) is 11.2 Å². The summed E-state index contributed by atoms with van der Waals surface area (Å²) in [5, 5.41) is 2.94.